The number of aliphatic hydroxyl groups is 1. The van der Waals surface area contributed by atoms with Gasteiger partial charge >= 0.3 is 0 Å². The summed E-state index contributed by atoms with van der Waals surface area (Å²) in [5.41, 5.74) is 6.47. The van der Waals surface area contributed by atoms with Gasteiger partial charge in [-0.25, -0.2) is 4.98 Å². The largest absolute Gasteiger partial charge is 0.493 e. The van der Waals surface area contributed by atoms with Gasteiger partial charge in [-0.3, -0.25) is 9.88 Å². The van der Waals surface area contributed by atoms with Crippen LogP contribution in [0.3, 0.4) is 0 Å². The van der Waals surface area contributed by atoms with Crippen LogP contribution in [0.25, 0.3) is 33.7 Å². The van der Waals surface area contributed by atoms with Crippen LogP contribution in [0, 0.1) is 18.8 Å². The zero-order chi connectivity index (χ0) is 28.2. The van der Waals surface area contributed by atoms with E-state index in [0.717, 1.165) is 72.1 Å². The highest BCUT2D eigenvalue weighted by Crippen LogP contribution is 2.36. The van der Waals surface area contributed by atoms with Gasteiger partial charge in [0.2, 0.25) is 0 Å². The number of methoxy groups -OCH3 is 2. The summed E-state index contributed by atoms with van der Waals surface area (Å²) in [6, 6.07) is 16.8. The third-order valence-electron chi connectivity index (χ3n) is 8.39. The van der Waals surface area contributed by atoms with Crippen molar-refractivity contribution in [2.24, 2.45) is 18.9 Å². The number of likely N-dealkylation sites (tertiary alicyclic amines) is 1. The number of rotatable bonds is 7. The molecule has 2 aliphatic heterocycles. The number of hydrogen-bond acceptors (Lipinski definition) is 7. The lowest BCUT2D eigenvalue weighted by Crippen LogP contribution is -2.39. The molecule has 0 aliphatic carbocycles. The molecule has 6 rings (SSSR count). The smallest absolute Gasteiger partial charge is 0.161 e. The van der Waals surface area contributed by atoms with Crippen molar-refractivity contribution in [2.45, 2.75) is 26.4 Å². The number of ether oxygens (including phenoxy) is 2. The number of imidazole rings is 1. The summed E-state index contributed by atoms with van der Waals surface area (Å²) in [5.74, 6) is 3.56. The molecule has 0 bridgehead atoms. The number of fused-ring (bicyclic) bond motifs is 2. The van der Waals surface area contributed by atoms with Crippen molar-refractivity contribution in [3.05, 3.63) is 54.2 Å². The van der Waals surface area contributed by atoms with Gasteiger partial charge in [0, 0.05) is 56.6 Å². The molecule has 0 spiro atoms. The first-order valence-electron chi connectivity index (χ1n) is 14.0. The fourth-order valence-electron chi connectivity index (χ4n) is 6.54. The molecule has 1 N–H and O–H groups in total. The molecule has 40 heavy (non-hydrogen) atoms. The number of benzene rings is 2. The van der Waals surface area contributed by atoms with Crippen molar-refractivity contribution >= 4 is 16.7 Å². The van der Waals surface area contributed by atoms with Crippen molar-refractivity contribution in [1.82, 2.24) is 19.4 Å². The molecule has 210 valence electrons. The minimum atomic E-state index is -0.635. The summed E-state index contributed by atoms with van der Waals surface area (Å²) in [5, 5.41) is 10.2. The van der Waals surface area contributed by atoms with Gasteiger partial charge in [0.05, 0.1) is 36.7 Å². The maximum atomic E-state index is 10.2. The van der Waals surface area contributed by atoms with Crippen LogP contribution in [0.4, 0.5) is 5.69 Å². The van der Waals surface area contributed by atoms with Gasteiger partial charge < -0.3 is 24.0 Å². The number of anilines is 1. The van der Waals surface area contributed by atoms with Crippen LogP contribution in [-0.2, 0) is 7.05 Å². The summed E-state index contributed by atoms with van der Waals surface area (Å²) < 4.78 is 13.0. The molecule has 2 aromatic carbocycles. The van der Waals surface area contributed by atoms with Gasteiger partial charge in [-0.1, -0.05) is 12.1 Å². The molecule has 2 fully saturated rings. The van der Waals surface area contributed by atoms with Gasteiger partial charge in [-0.2, -0.15) is 0 Å². The normalized spacial score (nSPS) is 19.4. The van der Waals surface area contributed by atoms with Crippen LogP contribution >= 0.6 is 0 Å². The van der Waals surface area contributed by atoms with E-state index < -0.39 is 5.60 Å². The van der Waals surface area contributed by atoms with Crippen LogP contribution in [0.1, 0.15) is 19.5 Å². The lowest BCUT2D eigenvalue weighted by atomic mass is 10.0. The van der Waals surface area contributed by atoms with E-state index in [4.69, 9.17) is 19.4 Å². The minimum Gasteiger partial charge on any atom is -0.493 e. The minimum absolute atomic E-state index is 0.635. The number of aryl methyl sites for hydroxylation is 2. The van der Waals surface area contributed by atoms with Crippen LogP contribution < -0.4 is 14.4 Å². The molecule has 2 atom stereocenters. The standard InChI is InChI=1S/C32H39N5O3/c1-20-30-27(35(4)31(34-30)22-9-12-28(39-5)29(13-22)40-6)14-26(33-20)21-7-10-25(11-8-21)37-17-23-15-36(16-24(23)18-37)19-32(2,3)38/h7-14,23-24,38H,15-19H2,1-6H3/t23-,24+. The molecule has 8 heteroatoms. The maximum absolute atomic E-state index is 10.2. The second kappa shape index (κ2) is 10.1. The fourth-order valence-corrected chi connectivity index (χ4v) is 6.54. The summed E-state index contributed by atoms with van der Waals surface area (Å²) >= 11 is 0. The number of aromatic nitrogens is 3. The quantitative estimate of drug-likeness (QED) is 0.361. The van der Waals surface area contributed by atoms with Crippen LogP contribution in [0.15, 0.2) is 48.5 Å². The topological polar surface area (TPSA) is 75.9 Å². The monoisotopic (exact) mass is 541 g/mol. The summed E-state index contributed by atoms with van der Waals surface area (Å²) in [6.45, 7) is 10.9. The Morgan fingerprint density at radius 2 is 1.52 bits per heavy atom. The maximum Gasteiger partial charge on any atom is 0.161 e. The summed E-state index contributed by atoms with van der Waals surface area (Å²) in [4.78, 5) is 14.8. The molecule has 4 heterocycles. The van der Waals surface area contributed by atoms with Gasteiger partial charge in [0.15, 0.2) is 11.5 Å². The molecule has 2 saturated heterocycles. The highest BCUT2D eigenvalue weighted by atomic mass is 16.5. The number of pyridine rings is 1. The van der Waals surface area contributed by atoms with E-state index >= 15 is 0 Å². The molecule has 4 aromatic rings. The Kier molecular flexibility index (Phi) is 6.71. The Morgan fingerprint density at radius 3 is 2.15 bits per heavy atom. The van der Waals surface area contributed by atoms with E-state index in [9.17, 15) is 5.11 Å². The molecule has 0 radical (unpaired) electrons. The molecular formula is C32H39N5O3. The molecule has 0 amide bonds. The molecular weight excluding hydrogens is 502 g/mol. The molecule has 2 aromatic heterocycles. The van der Waals surface area contributed by atoms with Crippen molar-refractivity contribution in [1.29, 1.82) is 0 Å². The number of β-amino-alcohol motifs (C(OH)–C–C–N with tert-alkyl or cyclic N) is 1. The van der Waals surface area contributed by atoms with E-state index in [1.807, 2.05) is 46.0 Å². The highest BCUT2D eigenvalue weighted by Gasteiger charge is 2.41. The Bertz CT molecular complexity index is 1530. The van der Waals surface area contributed by atoms with Crippen LogP contribution in [0.2, 0.25) is 0 Å². The number of hydrogen-bond donors (Lipinski definition) is 1. The second-order valence-corrected chi connectivity index (χ2v) is 12.0. The first-order chi connectivity index (χ1) is 19.1. The van der Waals surface area contributed by atoms with Crippen molar-refractivity contribution < 1.29 is 14.6 Å². The van der Waals surface area contributed by atoms with Gasteiger partial charge in [0.25, 0.3) is 0 Å². The van der Waals surface area contributed by atoms with Crippen molar-refractivity contribution in [2.75, 3.05) is 51.8 Å². The first kappa shape index (κ1) is 26.6. The van der Waals surface area contributed by atoms with Gasteiger partial charge in [-0.15, -0.1) is 0 Å². The highest BCUT2D eigenvalue weighted by molar-refractivity contribution is 5.86. The van der Waals surface area contributed by atoms with Crippen molar-refractivity contribution in [3.63, 3.8) is 0 Å². The Morgan fingerprint density at radius 1 is 0.875 bits per heavy atom. The summed E-state index contributed by atoms with van der Waals surface area (Å²) in [6.07, 6.45) is 0. The predicted octanol–water partition coefficient (Wildman–Crippen LogP) is 4.77. The molecule has 0 unspecified atom stereocenters. The zero-order valence-electron chi connectivity index (χ0n) is 24.3. The Hall–Kier alpha value is -3.62. The van der Waals surface area contributed by atoms with Crippen LogP contribution in [0.5, 0.6) is 11.5 Å². The molecule has 8 nitrogen and oxygen atoms in total. The number of nitrogens with zero attached hydrogens (tertiary/aromatic N) is 5. The fraction of sp³-hybridized carbons (Fsp3) is 0.438. The summed E-state index contributed by atoms with van der Waals surface area (Å²) in [7, 11) is 5.32. The second-order valence-electron chi connectivity index (χ2n) is 12.0. The average Bonchev–Trinajstić information content (AvgIpc) is 3.59. The van der Waals surface area contributed by atoms with Crippen LogP contribution in [-0.4, -0.2) is 77.1 Å². The third-order valence-corrected chi connectivity index (χ3v) is 8.39. The van der Waals surface area contributed by atoms with E-state index in [1.165, 1.54) is 5.69 Å². The lowest BCUT2D eigenvalue weighted by Gasteiger charge is -2.27. The van der Waals surface area contributed by atoms with E-state index in [1.54, 1.807) is 14.2 Å². The SMILES string of the molecule is COc1ccc(-c2nc3c(C)nc(-c4ccc(N5C[C@H]6CN(CC(C)(C)O)C[C@H]6C5)cc4)cc3n2C)cc1OC. The van der Waals surface area contributed by atoms with Gasteiger partial charge in [-0.05, 0) is 69.0 Å². The van der Waals surface area contributed by atoms with Crippen molar-refractivity contribution in [3.8, 4) is 34.1 Å². The average molecular weight is 542 g/mol. The third kappa shape index (κ3) is 4.90. The Labute approximate surface area is 236 Å². The Balaban J connectivity index is 1.22. The molecule has 0 saturated carbocycles. The van der Waals surface area contributed by atoms with Gasteiger partial charge in [0.1, 0.15) is 11.3 Å². The lowest BCUT2D eigenvalue weighted by molar-refractivity contribution is 0.0419. The van der Waals surface area contributed by atoms with E-state index in [0.29, 0.717) is 23.3 Å². The van der Waals surface area contributed by atoms with E-state index in [2.05, 4.69) is 44.7 Å². The first-order valence-corrected chi connectivity index (χ1v) is 14.0. The predicted molar refractivity (Wildman–Crippen MR) is 159 cm³/mol. The zero-order valence-corrected chi connectivity index (χ0v) is 24.3. The molecule has 2 aliphatic rings. The van der Waals surface area contributed by atoms with E-state index in [-0.39, 0.29) is 0 Å².